The monoisotopic (exact) mass is 276 g/mol. The molecule has 0 radical (unpaired) electrons. The van der Waals surface area contributed by atoms with Crippen LogP contribution in [0.4, 0.5) is 0 Å². The predicted octanol–water partition coefficient (Wildman–Crippen LogP) is 2.92. The smallest absolute Gasteiger partial charge is 0.315 e. The van der Waals surface area contributed by atoms with Crippen LogP contribution in [0, 0.1) is 5.41 Å². The minimum absolute atomic E-state index is 0.448. The Balaban J connectivity index is 2.11. The third-order valence-electron chi connectivity index (χ3n) is 4.59. The lowest BCUT2D eigenvalue weighted by molar-refractivity contribution is -0.258. The molecule has 2 fully saturated rings. The van der Waals surface area contributed by atoms with Gasteiger partial charge in [-0.25, -0.2) is 0 Å². The van der Waals surface area contributed by atoms with E-state index in [9.17, 15) is 9.90 Å². The molecule has 1 aliphatic heterocycles. The fourth-order valence-electron chi connectivity index (χ4n) is 3.63. The van der Waals surface area contributed by atoms with Crippen molar-refractivity contribution in [3.63, 3.8) is 0 Å². The summed E-state index contributed by atoms with van der Waals surface area (Å²) in [6.45, 7) is 0.897. The van der Waals surface area contributed by atoms with Crippen molar-refractivity contribution in [1.29, 1.82) is 0 Å². The number of hydrogen-bond acceptors (Lipinski definition) is 3. The Labute approximate surface area is 118 Å². The average molecular weight is 276 g/mol. The highest BCUT2D eigenvalue weighted by molar-refractivity contribution is 5.76. The molecule has 0 aromatic heterocycles. The van der Waals surface area contributed by atoms with Gasteiger partial charge >= 0.3 is 5.97 Å². The maximum atomic E-state index is 12.1. The molecule has 1 saturated heterocycles. The zero-order chi connectivity index (χ0) is 14.1. The molecular formula is C16H20O4. The van der Waals surface area contributed by atoms with E-state index in [-0.39, 0.29) is 0 Å². The van der Waals surface area contributed by atoms with Crippen LogP contribution in [0.5, 0.6) is 0 Å². The first kappa shape index (κ1) is 13.6. The Bertz CT molecular complexity index is 471. The lowest BCUT2D eigenvalue weighted by Gasteiger charge is -2.46. The standard InChI is InChI=1S/C16H20O4/c17-14(18)15(9-5-2-6-10-15)16(19-11-12-20-16)13-7-3-1-4-8-13/h1,3-4,7-8H,2,5-6,9-12H2,(H,17,18). The third-order valence-corrected chi connectivity index (χ3v) is 4.59. The second kappa shape index (κ2) is 5.19. The summed E-state index contributed by atoms with van der Waals surface area (Å²) in [5.74, 6) is -1.93. The summed E-state index contributed by atoms with van der Waals surface area (Å²) in [4.78, 5) is 12.1. The maximum Gasteiger partial charge on any atom is 0.315 e. The number of rotatable bonds is 3. The lowest BCUT2D eigenvalue weighted by Crippen LogP contribution is -2.53. The number of carboxylic acid groups (broad SMARTS) is 1. The van der Waals surface area contributed by atoms with E-state index in [1.54, 1.807) is 0 Å². The molecule has 0 atom stereocenters. The largest absolute Gasteiger partial charge is 0.481 e. The fourth-order valence-corrected chi connectivity index (χ4v) is 3.63. The minimum atomic E-state index is -1.12. The van der Waals surface area contributed by atoms with Crippen LogP contribution < -0.4 is 0 Å². The molecule has 4 heteroatoms. The van der Waals surface area contributed by atoms with E-state index < -0.39 is 17.2 Å². The van der Waals surface area contributed by atoms with Crippen molar-refractivity contribution < 1.29 is 19.4 Å². The molecule has 108 valence electrons. The van der Waals surface area contributed by atoms with Gasteiger partial charge in [0.2, 0.25) is 5.79 Å². The van der Waals surface area contributed by atoms with Gasteiger partial charge in [-0.3, -0.25) is 4.79 Å². The first-order chi connectivity index (χ1) is 9.71. The van der Waals surface area contributed by atoms with E-state index in [0.29, 0.717) is 26.1 Å². The second-order valence-electron chi connectivity index (χ2n) is 5.63. The summed E-state index contributed by atoms with van der Waals surface area (Å²) in [5, 5.41) is 9.92. The molecule has 2 aliphatic rings. The molecule has 1 saturated carbocycles. The van der Waals surface area contributed by atoms with Crippen molar-refractivity contribution in [3.05, 3.63) is 35.9 Å². The van der Waals surface area contributed by atoms with Gasteiger partial charge in [0.1, 0.15) is 5.41 Å². The molecule has 1 aromatic rings. The number of carboxylic acids is 1. The molecule has 3 rings (SSSR count). The van der Waals surface area contributed by atoms with Gasteiger partial charge in [0.25, 0.3) is 0 Å². The molecule has 20 heavy (non-hydrogen) atoms. The van der Waals surface area contributed by atoms with Crippen LogP contribution in [-0.4, -0.2) is 24.3 Å². The molecule has 0 bridgehead atoms. The number of ether oxygens (including phenoxy) is 2. The number of hydrogen-bond donors (Lipinski definition) is 1. The van der Waals surface area contributed by atoms with E-state index in [4.69, 9.17) is 9.47 Å². The quantitative estimate of drug-likeness (QED) is 0.922. The first-order valence-electron chi connectivity index (χ1n) is 7.28. The predicted molar refractivity (Wildman–Crippen MR) is 73.2 cm³/mol. The van der Waals surface area contributed by atoms with Gasteiger partial charge in [0.15, 0.2) is 0 Å². The molecule has 1 aromatic carbocycles. The number of carbonyl (C=O) groups is 1. The van der Waals surface area contributed by atoms with Crippen molar-refractivity contribution in [2.45, 2.75) is 37.9 Å². The zero-order valence-electron chi connectivity index (χ0n) is 11.5. The number of aliphatic carboxylic acids is 1. The molecule has 1 aliphatic carbocycles. The minimum Gasteiger partial charge on any atom is -0.481 e. The average Bonchev–Trinajstić information content (AvgIpc) is 3.00. The third kappa shape index (κ3) is 1.86. The van der Waals surface area contributed by atoms with E-state index in [0.717, 1.165) is 24.8 Å². The van der Waals surface area contributed by atoms with E-state index >= 15 is 0 Å². The summed E-state index contributed by atoms with van der Waals surface area (Å²) in [5.41, 5.74) is -0.148. The Kier molecular flexibility index (Phi) is 3.52. The first-order valence-corrected chi connectivity index (χ1v) is 7.28. The van der Waals surface area contributed by atoms with Crippen molar-refractivity contribution in [1.82, 2.24) is 0 Å². The van der Waals surface area contributed by atoms with Gasteiger partial charge in [-0.05, 0) is 12.8 Å². The molecule has 4 nitrogen and oxygen atoms in total. The summed E-state index contributed by atoms with van der Waals surface area (Å²) < 4.78 is 11.9. The van der Waals surface area contributed by atoms with Gasteiger partial charge in [0.05, 0.1) is 13.2 Å². The van der Waals surface area contributed by atoms with Gasteiger partial charge in [-0.1, -0.05) is 49.6 Å². The van der Waals surface area contributed by atoms with Gasteiger partial charge in [-0.15, -0.1) is 0 Å². The van der Waals surface area contributed by atoms with Crippen LogP contribution in [0.2, 0.25) is 0 Å². The van der Waals surface area contributed by atoms with Gasteiger partial charge in [0, 0.05) is 5.56 Å². The van der Waals surface area contributed by atoms with Crippen LogP contribution in [-0.2, 0) is 20.1 Å². The number of benzene rings is 1. The maximum absolute atomic E-state index is 12.1. The molecular weight excluding hydrogens is 256 g/mol. The normalized spacial score (nSPS) is 24.4. The second-order valence-corrected chi connectivity index (χ2v) is 5.63. The van der Waals surface area contributed by atoms with Crippen LogP contribution in [0.25, 0.3) is 0 Å². The fraction of sp³-hybridized carbons (Fsp3) is 0.562. The summed E-state index contributed by atoms with van der Waals surface area (Å²) in [7, 11) is 0. The Hall–Kier alpha value is -1.39. The van der Waals surface area contributed by atoms with Crippen molar-refractivity contribution in [2.75, 3.05) is 13.2 Å². The van der Waals surface area contributed by atoms with Gasteiger partial charge < -0.3 is 14.6 Å². The highest BCUT2D eigenvalue weighted by atomic mass is 16.7. The van der Waals surface area contributed by atoms with Gasteiger partial charge in [-0.2, -0.15) is 0 Å². The zero-order valence-corrected chi connectivity index (χ0v) is 11.5. The topological polar surface area (TPSA) is 55.8 Å². The van der Waals surface area contributed by atoms with Crippen LogP contribution in [0.15, 0.2) is 30.3 Å². The van der Waals surface area contributed by atoms with E-state index in [2.05, 4.69) is 0 Å². The Morgan fingerprint density at radius 2 is 1.60 bits per heavy atom. The summed E-state index contributed by atoms with van der Waals surface area (Å²) in [6, 6.07) is 9.54. The Morgan fingerprint density at radius 1 is 1.00 bits per heavy atom. The molecule has 1 heterocycles. The molecule has 0 spiro atoms. The summed E-state index contributed by atoms with van der Waals surface area (Å²) in [6.07, 6.45) is 4.12. The SMILES string of the molecule is O=C(O)C1(C2(c3ccccc3)OCCO2)CCCCC1. The van der Waals surface area contributed by atoms with Crippen LogP contribution in [0.3, 0.4) is 0 Å². The van der Waals surface area contributed by atoms with E-state index in [1.807, 2.05) is 30.3 Å². The highest BCUT2D eigenvalue weighted by Gasteiger charge is 2.61. The molecule has 1 N–H and O–H groups in total. The van der Waals surface area contributed by atoms with Crippen molar-refractivity contribution in [2.24, 2.45) is 5.41 Å². The van der Waals surface area contributed by atoms with Crippen LogP contribution in [0.1, 0.15) is 37.7 Å². The van der Waals surface area contributed by atoms with E-state index in [1.165, 1.54) is 0 Å². The van der Waals surface area contributed by atoms with Crippen molar-refractivity contribution >= 4 is 5.97 Å². The molecule has 0 amide bonds. The summed E-state index contributed by atoms with van der Waals surface area (Å²) >= 11 is 0. The van der Waals surface area contributed by atoms with Crippen molar-refractivity contribution in [3.8, 4) is 0 Å². The highest BCUT2D eigenvalue weighted by Crippen LogP contribution is 2.54. The molecule has 0 unspecified atom stereocenters. The lowest BCUT2D eigenvalue weighted by atomic mass is 9.66. The Morgan fingerprint density at radius 3 is 2.15 bits per heavy atom. The van der Waals surface area contributed by atoms with Crippen LogP contribution >= 0.6 is 0 Å².